The first-order valence-corrected chi connectivity index (χ1v) is 12.4. The summed E-state index contributed by atoms with van der Waals surface area (Å²) in [4.78, 5) is 17.2. The Balaban J connectivity index is 1.61. The number of aliphatic imine (C=N–C) groups is 1. The first-order valence-electron chi connectivity index (χ1n) is 11.5. The first kappa shape index (κ1) is 25.6. The molecule has 0 saturated carbocycles. The zero-order chi connectivity index (χ0) is 24.6. The van der Waals surface area contributed by atoms with Gasteiger partial charge in [-0.05, 0) is 17.5 Å². The number of halogens is 1. The molecular formula is C25H29FN2O6S. The largest absolute Gasteiger partial charge is 0.465 e. The molecule has 2 aliphatic rings. The molecule has 2 N–H and O–H groups in total. The van der Waals surface area contributed by atoms with Crippen LogP contribution in [0.25, 0.3) is 0 Å². The fourth-order valence-corrected chi connectivity index (χ4v) is 5.40. The number of aliphatic hydroxyl groups is 1. The van der Waals surface area contributed by atoms with Crippen LogP contribution in [0.2, 0.25) is 0 Å². The number of carboxylic acid groups (broad SMARTS) is 1. The number of alkyl halides is 1. The third kappa shape index (κ3) is 6.39. The summed E-state index contributed by atoms with van der Waals surface area (Å²) in [6, 6.07) is 18.8. The second kappa shape index (κ2) is 12.5. The summed E-state index contributed by atoms with van der Waals surface area (Å²) >= 11 is 1.13. The highest BCUT2D eigenvalue weighted by Gasteiger charge is 2.51. The number of benzene rings is 2. The van der Waals surface area contributed by atoms with Gasteiger partial charge in [0.15, 0.2) is 5.17 Å². The zero-order valence-corrected chi connectivity index (χ0v) is 19.9. The lowest BCUT2D eigenvalue weighted by molar-refractivity contribution is -0.200. The summed E-state index contributed by atoms with van der Waals surface area (Å²) in [5.74, 6) is 0. The Hall–Kier alpha value is -2.50. The van der Waals surface area contributed by atoms with Crippen LogP contribution in [0.4, 0.5) is 9.18 Å². The topological polar surface area (TPSA) is 101 Å². The van der Waals surface area contributed by atoms with Crippen molar-refractivity contribution in [2.24, 2.45) is 4.99 Å². The fourth-order valence-electron chi connectivity index (χ4n) is 4.16. The molecule has 188 valence electrons. The number of amidine groups is 1. The highest BCUT2D eigenvalue weighted by atomic mass is 32.2. The molecular weight excluding hydrogens is 475 g/mol. The van der Waals surface area contributed by atoms with E-state index in [1.54, 1.807) is 0 Å². The lowest BCUT2D eigenvalue weighted by Crippen LogP contribution is -2.57. The molecule has 2 aromatic carbocycles. The summed E-state index contributed by atoms with van der Waals surface area (Å²) in [7, 11) is 0. The highest BCUT2D eigenvalue weighted by Crippen LogP contribution is 2.40. The minimum Gasteiger partial charge on any atom is -0.465 e. The maximum atomic E-state index is 13.0. The minimum absolute atomic E-state index is 0.111. The van der Waals surface area contributed by atoms with E-state index in [9.17, 15) is 19.4 Å². The molecule has 0 radical (unpaired) electrons. The predicted molar refractivity (Wildman–Crippen MR) is 130 cm³/mol. The van der Waals surface area contributed by atoms with Crippen LogP contribution in [-0.2, 0) is 27.4 Å². The van der Waals surface area contributed by atoms with Gasteiger partial charge in [0.25, 0.3) is 0 Å². The quantitative estimate of drug-likeness (QED) is 0.509. The number of nitrogens with zero attached hydrogens (tertiary/aromatic N) is 2. The lowest BCUT2D eigenvalue weighted by Gasteiger charge is -2.42. The summed E-state index contributed by atoms with van der Waals surface area (Å²) < 4.78 is 31.9. The molecule has 2 aromatic rings. The summed E-state index contributed by atoms with van der Waals surface area (Å²) in [5, 5.41) is 19.4. The van der Waals surface area contributed by atoms with Crippen molar-refractivity contribution in [3.63, 3.8) is 0 Å². The molecule has 1 amide bonds. The maximum absolute atomic E-state index is 13.0. The molecule has 35 heavy (non-hydrogen) atoms. The van der Waals surface area contributed by atoms with E-state index in [0.717, 1.165) is 27.8 Å². The fraction of sp³-hybridized carbons (Fsp3) is 0.440. The van der Waals surface area contributed by atoms with E-state index >= 15 is 0 Å². The van der Waals surface area contributed by atoms with E-state index in [0.29, 0.717) is 19.6 Å². The molecule has 0 aromatic heterocycles. The molecule has 5 atom stereocenters. The lowest BCUT2D eigenvalue weighted by atomic mass is 9.95. The van der Waals surface area contributed by atoms with Crippen LogP contribution in [0.1, 0.15) is 17.5 Å². The minimum atomic E-state index is -1.28. The number of hydrogen-bond donors (Lipinski definition) is 2. The van der Waals surface area contributed by atoms with E-state index in [-0.39, 0.29) is 18.3 Å². The van der Waals surface area contributed by atoms with E-state index in [4.69, 9.17) is 14.2 Å². The van der Waals surface area contributed by atoms with Crippen molar-refractivity contribution in [2.45, 2.75) is 49.4 Å². The van der Waals surface area contributed by atoms with Crippen molar-refractivity contribution >= 4 is 23.0 Å². The van der Waals surface area contributed by atoms with Gasteiger partial charge in [-0.1, -0.05) is 72.4 Å². The van der Waals surface area contributed by atoms with E-state index in [2.05, 4.69) is 4.99 Å². The Morgan fingerprint density at radius 3 is 2.17 bits per heavy atom. The molecule has 8 nitrogen and oxygen atoms in total. The maximum Gasteiger partial charge on any atom is 0.413 e. The Kier molecular flexibility index (Phi) is 9.11. The van der Waals surface area contributed by atoms with Gasteiger partial charge < -0.3 is 24.4 Å². The first-order chi connectivity index (χ1) is 17.1. The van der Waals surface area contributed by atoms with E-state index in [1.807, 2.05) is 60.7 Å². The summed E-state index contributed by atoms with van der Waals surface area (Å²) in [6.07, 6.45) is -2.59. The number of thioether (sulfide) groups is 1. The van der Waals surface area contributed by atoms with Gasteiger partial charge in [-0.3, -0.25) is 9.89 Å². The van der Waals surface area contributed by atoms with Crippen LogP contribution in [0.5, 0.6) is 0 Å². The van der Waals surface area contributed by atoms with Crippen LogP contribution < -0.4 is 0 Å². The van der Waals surface area contributed by atoms with Gasteiger partial charge in [0.1, 0.15) is 30.4 Å². The number of ether oxygens (including phenoxy) is 3. The van der Waals surface area contributed by atoms with Gasteiger partial charge in [0.05, 0.1) is 25.9 Å². The van der Waals surface area contributed by atoms with Gasteiger partial charge in [0, 0.05) is 6.61 Å². The number of carbonyl (C=O) groups is 1. The number of amides is 1. The van der Waals surface area contributed by atoms with Gasteiger partial charge in [-0.2, -0.15) is 0 Å². The van der Waals surface area contributed by atoms with E-state index in [1.165, 1.54) is 0 Å². The molecule has 1 fully saturated rings. The third-order valence-corrected chi connectivity index (χ3v) is 7.01. The molecule has 2 heterocycles. The van der Waals surface area contributed by atoms with Gasteiger partial charge >= 0.3 is 6.09 Å². The molecule has 0 unspecified atom stereocenters. The number of hydrogen-bond acceptors (Lipinski definition) is 7. The van der Waals surface area contributed by atoms with Crippen molar-refractivity contribution in [3.05, 3.63) is 71.8 Å². The normalized spacial score (nSPS) is 25.7. The van der Waals surface area contributed by atoms with Crippen LogP contribution in [0.15, 0.2) is 65.7 Å². The SMILES string of the molecule is O=C(O)N(CCF)C1=N[C@@H]2[C@@H](OCc3ccccc3)[C@@H](OCc3ccccc3)[C@@H](CCO)O[C@@H]2S1. The average Bonchev–Trinajstić information content (AvgIpc) is 3.29. The molecule has 0 bridgehead atoms. The molecule has 0 aliphatic carbocycles. The smallest absolute Gasteiger partial charge is 0.413 e. The molecule has 10 heteroatoms. The van der Waals surface area contributed by atoms with Crippen molar-refractivity contribution in [1.29, 1.82) is 0 Å². The third-order valence-electron chi connectivity index (χ3n) is 5.85. The van der Waals surface area contributed by atoms with Gasteiger partial charge in [-0.15, -0.1) is 0 Å². The van der Waals surface area contributed by atoms with Crippen molar-refractivity contribution in [1.82, 2.24) is 4.90 Å². The Bertz CT molecular complexity index is 982. The second-order valence-electron chi connectivity index (χ2n) is 8.22. The molecule has 0 spiro atoms. The number of fused-ring (bicyclic) bond motifs is 1. The van der Waals surface area contributed by atoms with E-state index < -0.39 is 42.6 Å². The van der Waals surface area contributed by atoms with Crippen molar-refractivity contribution in [3.8, 4) is 0 Å². The molecule has 1 saturated heterocycles. The molecule has 2 aliphatic heterocycles. The Morgan fingerprint density at radius 1 is 1.03 bits per heavy atom. The van der Waals surface area contributed by atoms with Crippen molar-refractivity contribution in [2.75, 3.05) is 19.8 Å². The average molecular weight is 505 g/mol. The zero-order valence-electron chi connectivity index (χ0n) is 19.1. The Labute approximate surface area is 207 Å². The molecule has 4 rings (SSSR count). The second-order valence-corrected chi connectivity index (χ2v) is 9.29. The van der Waals surface area contributed by atoms with Gasteiger partial charge in [0.2, 0.25) is 0 Å². The Morgan fingerprint density at radius 2 is 1.63 bits per heavy atom. The standard InChI is InChI=1S/C25H29FN2O6S/c26-12-13-28(25(30)31)24-27-20-22(33-16-18-9-5-2-6-10-18)21(19(11-14-29)34-23(20)35-24)32-15-17-7-3-1-4-8-17/h1-10,19-23,29H,11-16H2,(H,30,31)/t19-,20-,21+,22-,23-/m1/s1. The van der Waals surface area contributed by atoms with Crippen LogP contribution in [0.3, 0.4) is 0 Å². The van der Waals surface area contributed by atoms with Crippen LogP contribution in [0, 0.1) is 0 Å². The summed E-state index contributed by atoms with van der Waals surface area (Å²) in [6.45, 7) is -0.642. The van der Waals surface area contributed by atoms with Gasteiger partial charge in [-0.25, -0.2) is 9.18 Å². The number of aliphatic hydroxyl groups excluding tert-OH is 1. The predicted octanol–water partition coefficient (Wildman–Crippen LogP) is 3.69. The monoisotopic (exact) mass is 504 g/mol. The van der Waals surface area contributed by atoms with Crippen LogP contribution >= 0.6 is 11.8 Å². The highest BCUT2D eigenvalue weighted by molar-refractivity contribution is 8.14. The van der Waals surface area contributed by atoms with Crippen LogP contribution in [-0.4, -0.2) is 76.0 Å². The summed E-state index contributed by atoms with van der Waals surface area (Å²) in [5.41, 5.74) is 1.40. The number of rotatable bonds is 10. The van der Waals surface area contributed by atoms with Crippen molar-refractivity contribution < 1.29 is 33.6 Å².